The predicted octanol–water partition coefficient (Wildman–Crippen LogP) is 3.49. The van der Waals surface area contributed by atoms with Gasteiger partial charge in [-0.1, -0.05) is 12.1 Å². The number of carbonyl (C=O) groups is 2. The molecule has 3 aromatic rings. The number of halogens is 1. The van der Waals surface area contributed by atoms with E-state index in [-0.39, 0.29) is 18.4 Å². The van der Waals surface area contributed by atoms with E-state index < -0.39 is 11.9 Å². The van der Waals surface area contributed by atoms with Crippen LogP contribution in [0.15, 0.2) is 60.7 Å². The van der Waals surface area contributed by atoms with Gasteiger partial charge in [0.25, 0.3) is 5.91 Å². The Morgan fingerprint density at radius 1 is 0.686 bits per heavy atom. The Morgan fingerprint density at radius 2 is 1.23 bits per heavy atom. The molecule has 0 aromatic heterocycles. The molecular formula is C26H21FN2O6. The normalized spacial score (nSPS) is 19.1. The van der Waals surface area contributed by atoms with Crippen LogP contribution in [0.1, 0.15) is 11.6 Å². The molecule has 3 heterocycles. The molecule has 0 N–H and O–H groups in total. The Balaban J connectivity index is 1.42. The van der Waals surface area contributed by atoms with E-state index in [1.807, 2.05) is 0 Å². The minimum atomic E-state index is -1.01. The molecule has 3 aromatic carbocycles. The van der Waals surface area contributed by atoms with Gasteiger partial charge in [-0.2, -0.15) is 0 Å². The summed E-state index contributed by atoms with van der Waals surface area (Å²) in [6.45, 7) is 1.51. The molecule has 6 rings (SSSR count). The van der Waals surface area contributed by atoms with Gasteiger partial charge in [0, 0.05) is 23.5 Å². The zero-order chi connectivity index (χ0) is 23.9. The second-order valence-electron chi connectivity index (χ2n) is 8.30. The van der Waals surface area contributed by atoms with Crippen LogP contribution in [0.3, 0.4) is 0 Å². The number of amides is 2. The number of carbonyl (C=O) groups excluding carboxylic acids is 2. The molecule has 1 atom stereocenters. The van der Waals surface area contributed by atoms with Crippen LogP contribution in [0.2, 0.25) is 0 Å². The van der Waals surface area contributed by atoms with Crippen LogP contribution in [0.4, 0.5) is 15.8 Å². The Labute approximate surface area is 200 Å². The van der Waals surface area contributed by atoms with Crippen LogP contribution in [0.25, 0.3) is 0 Å². The van der Waals surface area contributed by atoms with Crippen molar-refractivity contribution in [3.05, 3.63) is 72.0 Å². The van der Waals surface area contributed by atoms with Crippen molar-refractivity contribution in [3.63, 3.8) is 0 Å². The summed E-state index contributed by atoms with van der Waals surface area (Å²) in [5.41, 5.74) is 1.49. The largest absolute Gasteiger partial charge is 0.486 e. The fourth-order valence-electron chi connectivity index (χ4n) is 4.52. The molecule has 9 heteroatoms. The number of nitrogens with zero attached hydrogens (tertiary/aromatic N) is 2. The maximum atomic E-state index is 13.9. The van der Waals surface area contributed by atoms with E-state index in [0.717, 1.165) is 0 Å². The Kier molecular flexibility index (Phi) is 5.17. The van der Waals surface area contributed by atoms with E-state index in [9.17, 15) is 14.0 Å². The lowest BCUT2D eigenvalue weighted by atomic mass is 9.99. The van der Waals surface area contributed by atoms with Crippen LogP contribution in [0, 0.1) is 5.82 Å². The lowest BCUT2D eigenvalue weighted by molar-refractivity contribution is -0.128. The maximum absolute atomic E-state index is 13.9. The third kappa shape index (κ3) is 3.78. The van der Waals surface area contributed by atoms with Gasteiger partial charge in [0.1, 0.15) is 44.8 Å². The Morgan fingerprint density at radius 3 is 1.86 bits per heavy atom. The summed E-state index contributed by atoms with van der Waals surface area (Å²) in [5.74, 6) is 1.12. The average molecular weight is 476 g/mol. The van der Waals surface area contributed by atoms with Gasteiger partial charge in [0.15, 0.2) is 23.0 Å². The molecule has 1 unspecified atom stereocenters. The molecule has 3 aliphatic heterocycles. The van der Waals surface area contributed by atoms with Gasteiger partial charge in [-0.25, -0.2) is 4.39 Å². The van der Waals surface area contributed by atoms with Crippen molar-refractivity contribution < 1.29 is 32.9 Å². The lowest BCUT2D eigenvalue weighted by Gasteiger charge is -2.40. The molecule has 178 valence electrons. The number of hydrogen-bond donors (Lipinski definition) is 0. The number of fused-ring (bicyclic) bond motifs is 2. The zero-order valence-corrected chi connectivity index (χ0v) is 18.6. The molecule has 2 amide bonds. The molecule has 0 spiro atoms. The second-order valence-corrected chi connectivity index (χ2v) is 8.30. The summed E-state index contributed by atoms with van der Waals surface area (Å²) in [6, 6.07) is 14.8. The van der Waals surface area contributed by atoms with Gasteiger partial charge in [0.2, 0.25) is 5.91 Å². The summed E-state index contributed by atoms with van der Waals surface area (Å²) in [4.78, 5) is 30.3. The minimum Gasteiger partial charge on any atom is -0.486 e. The second kappa shape index (κ2) is 8.50. The fraction of sp³-hybridized carbons (Fsp3) is 0.231. The quantitative estimate of drug-likeness (QED) is 0.576. The number of hydrogen-bond acceptors (Lipinski definition) is 6. The highest BCUT2D eigenvalue weighted by molar-refractivity contribution is 6.14. The molecule has 3 aliphatic rings. The number of benzene rings is 3. The smallest absolute Gasteiger partial charge is 0.255 e. The topological polar surface area (TPSA) is 77.5 Å². The number of rotatable bonds is 3. The SMILES string of the molecule is O=C1C(c2ccc(F)cc2)N(c2ccc3c(c2)OCCO3)C(=O)CN1c1ccc2c(c1)OCCO2. The lowest BCUT2D eigenvalue weighted by Crippen LogP contribution is -2.56. The van der Waals surface area contributed by atoms with Crippen molar-refractivity contribution in [2.75, 3.05) is 42.8 Å². The summed E-state index contributed by atoms with van der Waals surface area (Å²) >= 11 is 0. The highest BCUT2D eigenvalue weighted by Crippen LogP contribution is 2.41. The first-order valence-corrected chi connectivity index (χ1v) is 11.3. The highest BCUT2D eigenvalue weighted by Gasteiger charge is 2.42. The number of ether oxygens (including phenoxy) is 4. The van der Waals surface area contributed by atoms with E-state index in [1.54, 1.807) is 36.4 Å². The number of piperazine rings is 1. The third-order valence-corrected chi connectivity index (χ3v) is 6.15. The van der Waals surface area contributed by atoms with E-state index in [1.165, 1.54) is 34.1 Å². The molecule has 35 heavy (non-hydrogen) atoms. The third-order valence-electron chi connectivity index (χ3n) is 6.15. The Bertz CT molecular complexity index is 1310. The average Bonchev–Trinajstić information content (AvgIpc) is 2.89. The summed E-state index contributed by atoms with van der Waals surface area (Å²) in [7, 11) is 0. The van der Waals surface area contributed by atoms with Crippen LogP contribution in [-0.2, 0) is 9.59 Å². The first kappa shape index (κ1) is 21.3. The first-order chi connectivity index (χ1) is 17.1. The van der Waals surface area contributed by atoms with Gasteiger partial charge in [-0.3, -0.25) is 14.5 Å². The van der Waals surface area contributed by atoms with Gasteiger partial charge < -0.3 is 23.8 Å². The fourth-order valence-corrected chi connectivity index (χ4v) is 4.52. The van der Waals surface area contributed by atoms with Crippen molar-refractivity contribution in [1.82, 2.24) is 0 Å². The summed E-state index contributed by atoms with van der Waals surface area (Å²) < 4.78 is 36.2. The Hall–Kier alpha value is -4.27. The number of anilines is 2. The van der Waals surface area contributed by atoms with Gasteiger partial charge >= 0.3 is 0 Å². The van der Waals surface area contributed by atoms with Crippen LogP contribution < -0.4 is 28.7 Å². The van der Waals surface area contributed by atoms with Crippen LogP contribution in [-0.4, -0.2) is 44.8 Å². The van der Waals surface area contributed by atoms with E-state index >= 15 is 0 Å². The first-order valence-electron chi connectivity index (χ1n) is 11.3. The van der Waals surface area contributed by atoms with Gasteiger partial charge in [-0.15, -0.1) is 0 Å². The van der Waals surface area contributed by atoms with E-state index in [2.05, 4.69) is 0 Å². The molecule has 0 aliphatic carbocycles. The highest BCUT2D eigenvalue weighted by atomic mass is 19.1. The van der Waals surface area contributed by atoms with E-state index in [0.29, 0.717) is 66.4 Å². The summed E-state index contributed by atoms with van der Waals surface area (Å²) in [5, 5.41) is 0. The molecule has 1 saturated heterocycles. The monoisotopic (exact) mass is 476 g/mol. The molecular weight excluding hydrogens is 455 g/mol. The van der Waals surface area contributed by atoms with E-state index in [4.69, 9.17) is 18.9 Å². The molecule has 0 bridgehead atoms. The van der Waals surface area contributed by atoms with Gasteiger partial charge in [-0.05, 0) is 42.0 Å². The van der Waals surface area contributed by atoms with Crippen molar-refractivity contribution in [3.8, 4) is 23.0 Å². The predicted molar refractivity (Wildman–Crippen MR) is 124 cm³/mol. The van der Waals surface area contributed by atoms with Crippen molar-refractivity contribution in [2.24, 2.45) is 0 Å². The molecule has 8 nitrogen and oxygen atoms in total. The maximum Gasteiger partial charge on any atom is 0.255 e. The van der Waals surface area contributed by atoms with Crippen molar-refractivity contribution in [2.45, 2.75) is 6.04 Å². The zero-order valence-electron chi connectivity index (χ0n) is 18.6. The van der Waals surface area contributed by atoms with Crippen molar-refractivity contribution in [1.29, 1.82) is 0 Å². The summed E-state index contributed by atoms with van der Waals surface area (Å²) in [6.07, 6.45) is 0. The van der Waals surface area contributed by atoms with Crippen molar-refractivity contribution >= 4 is 23.2 Å². The molecule has 1 fully saturated rings. The van der Waals surface area contributed by atoms with Crippen LogP contribution in [0.5, 0.6) is 23.0 Å². The van der Waals surface area contributed by atoms with Crippen LogP contribution >= 0.6 is 0 Å². The standard InChI is InChI=1S/C26H21FN2O6/c27-17-3-1-16(2-4-17)25-26(31)28(18-5-7-20-22(13-18)34-11-9-32-20)15-24(30)29(25)19-6-8-21-23(14-19)35-12-10-33-21/h1-8,13-14,25H,9-12,15H2. The molecule has 0 saturated carbocycles. The minimum absolute atomic E-state index is 0.176. The molecule has 0 radical (unpaired) electrons. The van der Waals surface area contributed by atoms with Gasteiger partial charge in [0.05, 0.1) is 0 Å².